The Morgan fingerprint density at radius 1 is 0.368 bits per heavy atom. The summed E-state index contributed by atoms with van der Waals surface area (Å²) in [6, 6.07) is 40.0. The Kier molecular flexibility index (Phi) is 4.55. The highest BCUT2D eigenvalue weighted by atomic mass is 14.6. The fourth-order valence-corrected chi connectivity index (χ4v) is 5.85. The summed E-state index contributed by atoms with van der Waals surface area (Å²) < 4.78 is 0. The van der Waals surface area contributed by atoms with E-state index in [0.717, 1.165) is 10.8 Å². The zero-order valence-corrected chi connectivity index (χ0v) is 20.6. The van der Waals surface area contributed by atoms with Gasteiger partial charge in [-0.15, -0.1) is 0 Å². The van der Waals surface area contributed by atoms with Gasteiger partial charge in [0.1, 0.15) is 0 Å². The van der Waals surface area contributed by atoms with Gasteiger partial charge in [-0.05, 0) is 102 Å². The van der Waals surface area contributed by atoms with E-state index in [9.17, 15) is 0 Å². The summed E-state index contributed by atoms with van der Waals surface area (Å²) in [4.78, 5) is 8.55. The smallest absolute Gasteiger partial charge is 0.0346 e. The maximum Gasteiger partial charge on any atom is 0.0346 e. The highest BCUT2D eigenvalue weighted by molar-refractivity contribution is 6.24. The van der Waals surface area contributed by atoms with Gasteiger partial charge in [-0.3, -0.25) is 9.97 Å². The van der Waals surface area contributed by atoms with Gasteiger partial charge in [0.2, 0.25) is 0 Å². The first kappa shape index (κ1) is 21.0. The van der Waals surface area contributed by atoms with E-state index in [1.165, 1.54) is 65.3 Å². The predicted molar refractivity (Wildman–Crippen MR) is 160 cm³/mol. The SMILES string of the molecule is c1ccc2c(c1)cc(-c1ccc3cnccc3c1)c1ccc3ccc(-c4ccc5cnccc5c4)cc3c12. The van der Waals surface area contributed by atoms with Crippen LogP contribution in [0.5, 0.6) is 0 Å². The molecule has 0 fully saturated rings. The zero-order chi connectivity index (χ0) is 25.1. The first-order valence-electron chi connectivity index (χ1n) is 12.9. The molecule has 8 rings (SSSR count). The molecule has 0 bridgehead atoms. The molecular weight excluding hydrogens is 460 g/mol. The molecular formula is C36H22N2. The third-order valence-electron chi connectivity index (χ3n) is 7.77. The minimum absolute atomic E-state index is 1.16. The topological polar surface area (TPSA) is 25.8 Å². The van der Waals surface area contributed by atoms with Gasteiger partial charge in [0.15, 0.2) is 0 Å². The molecule has 0 N–H and O–H groups in total. The first-order valence-corrected chi connectivity index (χ1v) is 12.9. The summed E-state index contributed by atoms with van der Waals surface area (Å²) in [5.74, 6) is 0. The monoisotopic (exact) mass is 482 g/mol. The first-order chi connectivity index (χ1) is 18.8. The summed E-state index contributed by atoms with van der Waals surface area (Å²) in [5.41, 5.74) is 4.91. The molecule has 2 aromatic heterocycles. The van der Waals surface area contributed by atoms with Crippen LogP contribution in [0, 0.1) is 0 Å². The Labute approximate surface area is 219 Å². The van der Waals surface area contributed by atoms with Crippen molar-refractivity contribution in [3.05, 3.63) is 134 Å². The fraction of sp³-hybridized carbons (Fsp3) is 0. The Morgan fingerprint density at radius 3 is 1.79 bits per heavy atom. The summed E-state index contributed by atoms with van der Waals surface area (Å²) in [7, 11) is 0. The van der Waals surface area contributed by atoms with Crippen molar-refractivity contribution in [3.8, 4) is 22.3 Å². The van der Waals surface area contributed by atoms with Crippen LogP contribution in [0.2, 0.25) is 0 Å². The quantitative estimate of drug-likeness (QED) is 0.229. The lowest BCUT2D eigenvalue weighted by Crippen LogP contribution is -1.88. The molecule has 0 radical (unpaired) electrons. The number of fused-ring (bicyclic) bond motifs is 7. The molecule has 0 amide bonds. The molecule has 6 aromatic carbocycles. The minimum Gasteiger partial charge on any atom is -0.264 e. The van der Waals surface area contributed by atoms with Crippen LogP contribution in [0.25, 0.3) is 76.1 Å². The second-order valence-electron chi connectivity index (χ2n) is 9.94. The number of hydrogen-bond acceptors (Lipinski definition) is 2. The van der Waals surface area contributed by atoms with Gasteiger partial charge in [0.05, 0.1) is 0 Å². The Morgan fingerprint density at radius 2 is 1.00 bits per heavy atom. The van der Waals surface area contributed by atoms with Gasteiger partial charge in [0, 0.05) is 35.6 Å². The number of benzene rings is 6. The highest BCUT2D eigenvalue weighted by Gasteiger charge is 2.13. The average Bonchev–Trinajstić information content (AvgIpc) is 2.99. The van der Waals surface area contributed by atoms with Crippen LogP contribution < -0.4 is 0 Å². The Balaban J connectivity index is 1.44. The number of rotatable bonds is 2. The molecule has 8 aromatic rings. The van der Waals surface area contributed by atoms with Crippen LogP contribution in [0.15, 0.2) is 134 Å². The van der Waals surface area contributed by atoms with Crippen molar-refractivity contribution in [3.63, 3.8) is 0 Å². The van der Waals surface area contributed by atoms with Gasteiger partial charge in [-0.2, -0.15) is 0 Å². The third-order valence-corrected chi connectivity index (χ3v) is 7.77. The van der Waals surface area contributed by atoms with Gasteiger partial charge in [0.25, 0.3) is 0 Å². The number of nitrogens with zero attached hydrogens (tertiary/aromatic N) is 2. The van der Waals surface area contributed by atoms with Crippen LogP contribution in [-0.2, 0) is 0 Å². The lowest BCUT2D eigenvalue weighted by atomic mass is 9.89. The molecule has 0 unspecified atom stereocenters. The van der Waals surface area contributed by atoms with E-state index in [4.69, 9.17) is 0 Å². The van der Waals surface area contributed by atoms with Gasteiger partial charge in [-0.1, -0.05) is 72.8 Å². The number of aromatic nitrogens is 2. The molecule has 0 atom stereocenters. The molecule has 0 saturated heterocycles. The second-order valence-corrected chi connectivity index (χ2v) is 9.94. The average molecular weight is 483 g/mol. The van der Waals surface area contributed by atoms with Crippen LogP contribution in [0.1, 0.15) is 0 Å². The van der Waals surface area contributed by atoms with Crippen molar-refractivity contribution in [1.82, 2.24) is 9.97 Å². The lowest BCUT2D eigenvalue weighted by Gasteiger charge is -2.15. The zero-order valence-electron chi connectivity index (χ0n) is 20.6. The maximum atomic E-state index is 4.29. The van der Waals surface area contributed by atoms with Crippen molar-refractivity contribution in [1.29, 1.82) is 0 Å². The standard InChI is InChI=1S/C36H22N2/c1-2-4-32-28(3-1)20-34(29-8-10-31-22-38-16-14-27(31)18-29)33-12-11-23-5-6-25(19-35(23)36(32)33)24-7-9-30-21-37-15-13-26(30)17-24/h1-22H. The lowest BCUT2D eigenvalue weighted by molar-refractivity contribution is 1.36. The molecule has 0 aliphatic heterocycles. The Hall–Kier alpha value is -5.08. The molecule has 0 aliphatic rings. The summed E-state index contributed by atoms with van der Waals surface area (Å²) in [6.07, 6.45) is 7.57. The normalized spacial score (nSPS) is 11.7. The molecule has 0 spiro atoms. The van der Waals surface area contributed by atoms with E-state index in [1.54, 1.807) is 0 Å². The minimum atomic E-state index is 1.16. The van der Waals surface area contributed by atoms with E-state index >= 15 is 0 Å². The van der Waals surface area contributed by atoms with Gasteiger partial charge >= 0.3 is 0 Å². The van der Waals surface area contributed by atoms with Crippen molar-refractivity contribution in [2.45, 2.75) is 0 Å². The number of hydrogen-bond donors (Lipinski definition) is 0. The maximum absolute atomic E-state index is 4.29. The second kappa shape index (κ2) is 8.22. The summed E-state index contributed by atoms with van der Waals surface area (Å²) in [6.45, 7) is 0. The molecule has 176 valence electrons. The Bertz CT molecular complexity index is 2190. The van der Waals surface area contributed by atoms with Crippen molar-refractivity contribution in [2.75, 3.05) is 0 Å². The van der Waals surface area contributed by atoms with Crippen molar-refractivity contribution in [2.24, 2.45) is 0 Å². The fourth-order valence-electron chi connectivity index (χ4n) is 5.85. The van der Waals surface area contributed by atoms with Crippen LogP contribution in [0.4, 0.5) is 0 Å². The molecule has 2 heteroatoms. The third kappa shape index (κ3) is 3.28. The molecule has 0 saturated carbocycles. The largest absolute Gasteiger partial charge is 0.264 e. The predicted octanol–water partition coefficient (Wildman–Crippen LogP) is 9.58. The van der Waals surface area contributed by atoms with E-state index in [2.05, 4.69) is 119 Å². The van der Waals surface area contributed by atoms with E-state index < -0.39 is 0 Å². The van der Waals surface area contributed by atoms with Crippen LogP contribution >= 0.6 is 0 Å². The van der Waals surface area contributed by atoms with Gasteiger partial charge in [-0.25, -0.2) is 0 Å². The summed E-state index contributed by atoms with van der Waals surface area (Å²) in [5, 5.41) is 12.3. The molecule has 2 heterocycles. The van der Waals surface area contributed by atoms with E-state index in [-0.39, 0.29) is 0 Å². The van der Waals surface area contributed by atoms with Crippen molar-refractivity contribution < 1.29 is 0 Å². The van der Waals surface area contributed by atoms with E-state index in [1.807, 2.05) is 24.8 Å². The molecule has 38 heavy (non-hydrogen) atoms. The van der Waals surface area contributed by atoms with Crippen LogP contribution in [-0.4, -0.2) is 9.97 Å². The summed E-state index contributed by atoms with van der Waals surface area (Å²) >= 11 is 0. The molecule has 0 aliphatic carbocycles. The molecule has 2 nitrogen and oxygen atoms in total. The van der Waals surface area contributed by atoms with Crippen molar-refractivity contribution >= 4 is 53.9 Å². The van der Waals surface area contributed by atoms with E-state index in [0.29, 0.717) is 0 Å². The van der Waals surface area contributed by atoms with Crippen LogP contribution in [0.3, 0.4) is 0 Å². The van der Waals surface area contributed by atoms with Gasteiger partial charge < -0.3 is 0 Å². The highest BCUT2D eigenvalue weighted by Crippen LogP contribution is 2.40. The number of pyridine rings is 2.